The average molecular weight is 811 g/mol. The van der Waals surface area contributed by atoms with Crippen LogP contribution in [0.5, 0.6) is 0 Å². The molecule has 3 aromatic carbocycles. The summed E-state index contributed by atoms with van der Waals surface area (Å²) in [6.07, 6.45) is 2.20. The van der Waals surface area contributed by atoms with Gasteiger partial charge in [-0.3, -0.25) is 14.5 Å². The second-order valence-electron chi connectivity index (χ2n) is 16.0. The normalized spacial score (nSPS) is 14.8. The van der Waals surface area contributed by atoms with E-state index >= 15 is 0 Å². The van der Waals surface area contributed by atoms with E-state index in [4.69, 9.17) is 9.72 Å². The number of H-pyrrole nitrogens is 1. The van der Waals surface area contributed by atoms with E-state index in [1.54, 1.807) is 43.8 Å². The van der Waals surface area contributed by atoms with E-state index in [1.807, 2.05) is 12.1 Å². The molecule has 14 nitrogen and oxygen atoms in total. The van der Waals surface area contributed by atoms with Crippen LogP contribution in [0.1, 0.15) is 46.6 Å². The molecule has 2 aliphatic rings. The van der Waals surface area contributed by atoms with Gasteiger partial charge < -0.3 is 30.4 Å². The Morgan fingerprint density at radius 2 is 1.78 bits per heavy atom. The summed E-state index contributed by atoms with van der Waals surface area (Å²) in [5.74, 6) is 0.0992. The molecule has 2 aliphatic heterocycles. The lowest BCUT2D eigenvalue weighted by molar-refractivity contribution is 0.0737. The number of piperazine rings is 1. The zero-order chi connectivity index (χ0) is 41.7. The first kappa shape index (κ1) is 39.1. The first-order chi connectivity index (χ1) is 28.9. The van der Waals surface area contributed by atoms with E-state index in [1.165, 1.54) is 34.1 Å². The Balaban J connectivity index is 0.866. The highest BCUT2D eigenvalue weighted by molar-refractivity contribution is 6.10. The van der Waals surface area contributed by atoms with Crippen molar-refractivity contribution in [2.75, 3.05) is 56.7 Å². The fourth-order valence-corrected chi connectivity index (χ4v) is 8.34. The monoisotopic (exact) mass is 810 g/mol. The number of benzene rings is 3. The Morgan fingerprint density at radius 1 is 0.983 bits per heavy atom. The molecule has 0 radical (unpaired) electrons. The number of aryl methyl sites for hydroxylation is 1. The maximum Gasteiger partial charge on any atom is 0.278 e. The molecule has 1 amide bonds. The number of methoxy groups -OCH3 is 1. The number of amides is 1. The highest BCUT2D eigenvalue weighted by Gasteiger charge is 2.25. The first-order valence-corrected chi connectivity index (χ1v) is 20.2. The SMILES string of the molecule is COCCn1c(=O)c2cnc(Nc3ccc(N4CCN(Cc5ccc(-c6[nH]c7cc(F)cc8c7c6CCNC8=O)cc5C)CC4)cc3)nc2n1-c1cccc(C(C)(C)O)n1. The van der Waals surface area contributed by atoms with Crippen LogP contribution >= 0.6 is 0 Å². The van der Waals surface area contributed by atoms with Crippen molar-refractivity contribution >= 4 is 45.2 Å². The zero-order valence-electron chi connectivity index (χ0n) is 34.0. The van der Waals surface area contributed by atoms with Gasteiger partial charge >= 0.3 is 0 Å². The topological polar surface area (TPSA) is 158 Å². The number of hydrogen-bond donors (Lipinski definition) is 4. The van der Waals surface area contributed by atoms with Crippen LogP contribution < -0.4 is 21.1 Å². The quantitative estimate of drug-likeness (QED) is 0.126. The molecule has 0 spiro atoms. The van der Waals surface area contributed by atoms with Crippen LogP contribution in [0, 0.1) is 12.7 Å². The molecule has 0 bridgehead atoms. The predicted octanol–water partition coefficient (Wildman–Crippen LogP) is 5.80. The number of nitrogens with one attached hydrogen (secondary N) is 3. The third-order valence-corrected chi connectivity index (χ3v) is 11.5. The summed E-state index contributed by atoms with van der Waals surface area (Å²) in [5.41, 5.74) is 7.81. The Labute approximate surface area is 345 Å². The van der Waals surface area contributed by atoms with Crippen molar-refractivity contribution in [1.29, 1.82) is 0 Å². The zero-order valence-corrected chi connectivity index (χ0v) is 34.0. The fourth-order valence-electron chi connectivity index (χ4n) is 8.34. The van der Waals surface area contributed by atoms with Crippen molar-refractivity contribution in [3.8, 4) is 17.1 Å². The van der Waals surface area contributed by atoms with E-state index < -0.39 is 11.4 Å². The third-order valence-electron chi connectivity index (χ3n) is 11.5. The number of fused-ring (bicyclic) bond motifs is 1. The van der Waals surface area contributed by atoms with E-state index in [-0.39, 0.29) is 18.0 Å². The number of hydrogen-bond acceptors (Lipinski definition) is 10. The summed E-state index contributed by atoms with van der Waals surface area (Å²) in [5, 5.41) is 18.0. The lowest BCUT2D eigenvalue weighted by Crippen LogP contribution is -2.46. The number of anilines is 3. The molecular weight excluding hydrogens is 764 g/mol. The molecule has 7 aromatic rings. The van der Waals surface area contributed by atoms with Crippen molar-refractivity contribution < 1.29 is 19.0 Å². The number of carbonyl (C=O) groups is 1. The Hall–Kier alpha value is -6.42. The van der Waals surface area contributed by atoms with Crippen molar-refractivity contribution in [2.45, 2.75) is 45.9 Å². The number of aromatic amines is 1. The van der Waals surface area contributed by atoms with Gasteiger partial charge in [-0.05, 0) is 104 Å². The van der Waals surface area contributed by atoms with Crippen LogP contribution in [0.25, 0.3) is 39.0 Å². The maximum atomic E-state index is 14.4. The summed E-state index contributed by atoms with van der Waals surface area (Å²) >= 11 is 0. The smallest absolute Gasteiger partial charge is 0.278 e. The van der Waals surface area contributed by atoms with Crippen LogP contribution in [0.15, 0.2) is 83.8 Å². The molecule has 0 unspecified atom stereocenters. The number of halogens is 1. The Morgan fingerprint density at radius 3 is 2.53 bits per heavy atom. The van der Waals surface area contributed by atoms with Crippen molar-refractivity contribution in [1.82, 2.24) is 39.5 Å². The first-order valence-electron chi connectivity index (χ1n) is 20.2. The van der Waals surface area contributed by atoms with Gasteiger partial charge in [0, 0.05) is 80.5 Å². The van der Waals surface area contributed by atoms with E-state index in [0.717, 1.165) is 66.3 Å². The highest BCUT2D eigenvalue weighted by atomic mass is 19.1. The molecule has 1 fully saturated rings. The number of carbonyl (C=O) groups excluding carboxylic acids is 1. The minimum Gasteiger partial charge on any atom is -0.384 e. The molecule has 0 saturated carbocycles. The van der Waals surface area contributed by atoms with E-state index in [0.29, 0.717) is 59.1 Å². The molecule has 60 heavy (non-hydrogen) atoms. The van der Waals surface area contributed by atoms with Gasteiger partial charge in [-0.1, -0.05) is 18.2 Å². The maximum absolute atomic E-state index is 14.4. The van der Waals surface area contributed by atoms with Gasteiger partial charge in [0.25, 0.3) is 11.5 Å². The van der Waals surface area contributed by atoms with Crippen molar-refractivity contribution in [2.24, 2.45) is 0 Å². The van der Waals surface area contributed by atoms with Crippen molar-refractivity contribution in [3.63, 3.8) is 0 Å². The largest absolute Gasteiger partial charge is 0.384 e. The van der Waals surface area contributed by atoms with Crippen LogP contribution in [-0.4, -0.2) is 91.7 Å². The molecule has 6 heterocycles. The molecule has 4 aromatic heterocycles. The molecule has 1 saturated heterocycles. The molecule has 4 N–H and O–H groups in total. The molecule has 9 rings (SSSR count). The summed E-state index contributed by atoms with van der Waals surface area (Å²) < 4.78 is 22.9. The summed E-state index contributed by atoms with van der Waals surface area (Å²) in [7, 11) is 1.58. The molecule has 308 valence electrons. The van der Waals surface area contributed by atoms with Crippen molar-refractivity contribution in [3.05, 3.63) is 123 Å². The van der Waals surface area contributed by atoms with Gasteiger partial charge in [-0.25, -0.2) is 23.7 Å². The van der Waals surface area contributed by atoms with Gasteiger partial charge in [-0.15, -0.1) is 0 Å². The average Bonchev–Trinajstić information content (AvgIpc) is 3.67. The number of rotatable bonds is 11. The minimum atomic E-state index is -1.18. The Kier molecular flexibility index (Phi) is 10.2. The standard InChI is InChI=1S/C45H47FN10O4/c1-27-22-28(40-33-14-15-47-42(57)34-23-30(46)24-36(50-40)39(33)34)8-9-29(27)26-53-16-18-54(19-17-53)32-12-10-31(11-13-32)49-44-48-25-35-41(52-44)56(55(43(35)58)20-21-60-4)38-7-5-6-37(51-38)45(2,3)59/h5-13,22-25,50,59H,14-21,26H2,1-4H3,(H,47,57)(H,48,49,52). The molecule has 15 heteroatoms. The molecular formula is C45H47FN10O4. The van der Waals surface area contributed by atoms with Crippen LogP contribution in [0.2, 0.25) is 0 Å². The van der Waals surface area contributed by atoms with E-state index in [9.17, 15) is 19.1 Å². The number of aromatic nitrogens is 6. The number of aliphatic hydroxyl groups is 1. The second kappa shape index (κ2) is 15.6. The summed E-state index contributed by atoms with van der Waals surface area (Å²) in [6.45, 7) is 11.0. The fraction of sp³-hybridized carbons (Fsp3) is 0.311. The Bertz CT molecular complexity index is 2810. The van der Waals surface area contributed by atoms with Gasteiger partial charge in [0.15, 0.2) is 11.5 Å². The molecule has 0 aliphatic carbocycles. The second-order valence-corrected chi connectivity index (χ2v) is 16.0. The lowest BCUT2D eigenvalue weighted by Gasteiger charge is -2.36. The number of nitrogens with zero attached hydrogens (tertiary/aromatic N) is 7. The predicted molar refractivity (Wildman–Crippen MR) is 230 cm³/mol. The lowest BCUT2D eigenvalue weighted by atomic mass is 9.97. The third kappa shape index (κ3) is 7.40. The van der Waals surface area contributed by atoms with Gasteiger partial charge in [0.05, 0.1) is 24.4 Å². The molecule has 0 atom stereocenters. The van der Waals surface area contributed by atoms with E-state index in [2.05, 4.69) is 72.6 Å². The van der Waals surface area contributed by atoms with Gasteiger partial charge in [-0.2, -0.15) is 4.98 Å². The van der Waals surface area contributed by atoms with Crippen LogP contribution in [-0.2, 0) is 29.8 Å². The van der Waals surface area contributed by atoms with Gasteiger partial charge in [0.2, 0.25) is 5.95 Å². The van der Waals surface area contributed by atoms with Gasteiger partial charge in [0.1, 0.15) is 16.8 Å². The summed E-state index contributed by atoms with van der Waals surface area (Å²) in [6, 6.07) is 22.8. The highest BCUT2D eigenvalue weighted by Crippen LogP contribution is 2.36. The minimum absolute atomic E-state index is 0.240. The number of ether oxygens (including phenoxy) is 1. The number of pyridine rings is 1. The van der Waals surface area contributed by atoms with Crippen LogP contribution in [0.4, 0.5) is 21.7 Å². The van der Waals surface area contributed by atoms with Crippen LogP contribution in [0.3, 0.4) is 0 Å². The summed E-state index contributed by atoms with van der Waals surface area (Å²) in [4.78, 5) is 48.4.